The van der Waals surface area contributed by atoms with Crippen molar-refractivity contribution in [3.8, 4) is 5.88 Å². The van der Waals surface area contributed by atoms with E-state index in [1.807, 2.05) is 12.1 Å². The van der Waals surface area contributed by atoms with Crippen molar-refractivity contribution >= 4 is 11.5 Å². The molecule has 0 aromatic carbocycles. The Morgan fingerprint density at radius 2 is 2.25 bits per heavy atom. The van der Waals surface area contributed by atoms with E-state index >= 15 is 0 Å². The summed E-state index contributed by atoms with van der Waals surface area (Å²) in [5, 5.41) is 13.8. The average molecular weight is 274 g/mol. The number of hydrogen-bond acceptors (Lipinski definition) is 6. The van der Waals surface area contributed by atoms with Crippen molar-refractivity contribution in [3.63, 3.8) is 0 Å². The standard InChI is InChI=1S/C13H14N4O3/c1-9-6-11(17(18)19)8-16-12(9)15-7-10-4-3-5-14-13(10)20-2/h3-6,8H,7H2,1-2H3,(H,15,16). The van der Waals surface area contributed by atoms with Gasteiger partial charge in [-0.2, -0.15) is 0 Å². The molecule has 2 heterocycles. The third kappa shape index (κ3) is 3.00. The molecule has 7 heteroatoms. The van der Waals surface area contributed by atoms with Gasteiger partial charge in [0, 0.05) is 24.4 Å². The van der Waals surface area contributed by atoms with Gasteiger partial charge in [0.25, 0.3) is 5.69 Å². The molecule has 0 aliphatic heterocycles. The summed E-state index contributed by atoms with van der Waals surface area (Å²) in [6.45, 7) is 2.24. The summed E-state index contributed by atoms with van der Waals surface area (Å²) >= 11 is 0. The Morgan fingerprint density at radius 1 is 1.45 bits per heavy atom. The smallest absolute Gasteiger partial charge is 0.287 e. The second kappa shape index (κ2) is 5.96. The van der Waals surface area contributed by atoms with Crippen LogP contribution in [0.2, 0.25) is 0 Å². The van der Waals surface area contributed by atoms with Gasteiger partial charge >= 0.3 is 0 Å². The van der Waals surface area contributed by atoms with Gasteiger partial charge in [-0.05, 0) is 18.6 Å². The SMILES string of the molecule is COc1ncccc1CNc1ncc([N+](=O)[O-])cc1C. The van der Waals surface area contributed by atoms with Gasteiger partial charge in [-0.3, -0.25) is 10.1 Å². The molecule has 1 N–H and O–H groups in total. The van der Waals surface area contributed by atoms with Crippen LogP contribution in [-0.2, 0) is 6.54 Å². The van der Waals surface area contributed by atoms with Crippen LogP contribution < -0.4 is 10.1 Å². The zero-order valence-corrected chi connectivity index (χ0v) is 11.2. The summed E-state index contributed by atoms with van der Waals surface area (Å²) in [7, 11) is 1.56. The molecule has 0 radical (unpaired) electrons. The zero-order valence-electron chi connectivity index (χ0n) is 11.2. The molecular weight excluding hydrogens is 260 g/mol. The number of rotatable bonds is 5. The minimum Gasteiger partial charge on any atom is -0.481 e. The van der Waals surface area contributed by atoms with Crippen molar-refractivity contribution in [1.29, 1.82) is 0 Å². The second-order valence-corrected chi connectivity index (χ2v) is 4.14. The minimum absolute atomic E-state index is 0.0213. The van der Waals surface area contributed by atoms with Crippen molar-refractivity contribution in [3.05, 3.63) is 51.8 Å². The van der Waals surface area contributed by atoms with Crippen molar-refractivity contribution in [1.82, 2.24) is 9.97 Å². The lowest BCUT2D eigenvalue weighted by Gasteiger charge is -2.10. The maximum Gasteiger partial charge on any atom is 0.287 e. The average Bonchev–Trinajstić information content (AvgIpc) is 2.46. The number of ether oxygens (including phenoxy) is 1. The number of pyridine rings is 2. The van der Waals surface area contributed by atoms with E-state index in [1.54, 1.807) is 20.2 Å². The number of nitrogens with zero attached hydrogens (tertiary/aromatic N) is 3. The van der Waals surface area contributed by atoms with Gasteiger partial charge in [-0.25, -0.2) is 9.97 Å². The van der Waals surface area contributed by atoms with Gasteiger partial charge in [0.1, 0.15) is 12.0 Å². The number of hydrogen-bond donors (Lipinski definition) is 1. The van der Waals surface area contributed by atoms with Crippen LogP contribution in [0.1, 0.15) is 11.1 Å². The summed E-state index contributed by atoms with van der Waals surface area (Å²) in [5.41, 5.74) is 1.57. The van der Waals surface area contributed by atoms with Crippen LogP contribution in [0.4, 0.5) is 11.5 Å². The lowest BCUT2D eigenvalue weighted by Crippen LogP contribution is -2.05. The van der Waals surface area contributed by atoms with Gasteiger partial charge < -0.3 is 10.1 Å². The van der Waals surface area contributed by atoms with Crippen LogP contribution >= 0.6 is 0 Å². The highest BCUT2D eigenvalue weighted by Gasteiger charge is 2.10. The third-order valence-electron chi connectivity index (χ3n) is 2.76. The van der Waals surface area contributed by atoms with Gasteiger partial charge in [0.2, 0.25) is 5.88 Å². The molecule has 20 heavy (non-hydrogen) atoms. The topological polar surface area (TPSA) is 90.2 Å². The predicted octanol–water partition coefficient (Wildman–Crippen LogP) is 2.31. The fourth-order valence-corrected chi connectivity index (χ4v) is 1.77. The first kappa shape index (κ1) is 13.7. The Morgan fingerprint density at radius 3 is 2.90 bits per heavy atom. The van der Waals surface area contributed by atoms with Gasteiger partial charge in [0.05, 0.1) is 12.0 Å². The lowest BCUT2D eigenvalue weighted by atomic mass is 10.2. The third-order valence-corrected chi connectivity index (χ3v) is 2.76. The van der Waals surface area contributed by atoms with Crippen molar-refractivity contribution in [2.75, 3.05) is 12.4 Å². The largest absolute Gasteiger partial charge is 0.481 e. The van der Waals surface area contributed by atoms with E-state index in [0.717, 1.165) is 5.56 Å². The zero-order chi connectivity index (χ0) is 14.5. The highest BCUT2D eigenvalue weighted by molar-refractivity contribution is 5.48. The van der Waals surface area contributed by atoms with E-state index in [9.17, 15) is 10.1 Å². The number of aryl methyl sites for hydroxylation is 1. The molecule has 7 nitrogen and oxygen atoms in total. The number of methoxy groups -OCH3 is 1. The van der Waals surface area contributed by atoms with Gasteiger partial charge in [-0.15, -0.1) is 0 Å². The van der Waals surface area contributed by atoms with E-state index in [-0.39, 0.29) is 5.69 Å². The molecule has 0 aliphatic carbocycles. The lowest BCUT2D eigenvalue weighted by molar-refractivity contribution is -0.385. The molecule has 0 saturated carbocycles. The molecule has 2 aromatic rings. The molecule has 0 unspecified atom stereocenters. The van der Waals surface area contributed by atoms with Gasteiger partial charge in [-0.1, -0.05) is 6.07 Å². The monoisotopic (exact) mass is 274 g/mol. The molecule has 0 saturated heterocycles. The number of aromatic nitrogens is 2. The molecule has 0 bridgehead atoms. The van der Waals surface area contributed by atoms with E-state index in [1.165, 1.54) is 12.3 Å². The Hall–Kier alpha value is -2.70. The van der Waals surface area contributed by atoms with Crippen molar-refractivity contribution < 1.29 is 9.66 Å². The van der Waals surface area contributed by atoms with E-state index in [0.29, 0.717) is 23.8 Å². The van der Waals surface area contributed by atoms with E-state index in [2.05, 4.69) is 15.3 Å². The van der Waals surface area contributed by atoms with E-state index in [4.69, 9.17) is 4.74 Å². The van der Waals surface area contributed by atoms with Crippen molar-refractivity contribution in [2.45, 2.75) is 13.5 Å². The number of nitrogens with one attached hydrogen (secondary N) is 1. The van der Waals surface area contributed by atoms with Crippen LogP contribution in [0.25, 0.3) is 0 Å². The highest BCUT2D eigenvalue weighted by atomic mass is 16.6. The van der Waals surface area contributed by atoms with Crippen LogP contribution in [0.5, 0.6) is 5.88 Å². The summed E-state index contributed by atoms with van der Waals surface area (Å²) in [4.78, 5) is 18.3. The molecule has 0 aliphatic rings. The Labute approximate surface area is 115 Å². The molecule has 2 aromatic heterocycles. The van der Waals surface area contributed by atoms with Gasteiger partial charge in [0.15, 0.2) is 0 Å². The normalized spacial score (nSPS) is 10.1. The second-order valence-electron chi connectivity index (χ2n) is 4.14. The van der Waals surface area contributed by atoms with Crippen LogP contribution in [0.15, 0.2) is 30.6 Å². The van der Waals surface area contributed by atoms with Crippen LogP contribution in [-0.4, -0.2) is 22.0 Å². The summed E-state index contributed by atoms with van der Waals surface area (Å²) < 4.78 is 5.15. The molecule has 2 rings (SSSR count). The number of nitro groups is 1. The first-order valence-electron chi connectivity index (χ1n) is 5.94. The summed E-state index contributed by atoms with van der Waals surface area (Å²) in [6.07, 6.45) is 2.88. The Kier molecular flexibility index (Phi) is 4.09. The van der Waals surface area contributed by atoms with Crippen LogP contribution in [0.3, 0.4) is 0 Å². The van der Waals surface area contributed by atoms with Crippen LogP contribution in [0, 0.1) is 17.0 Å². The fourth-order valence-electron chi connectivity index (χ4n) is 1.77. The number of anilines is 1. The molecule has 104 valence electrons. The molecule has 0 fully saturated rings. The first-order chi connectivity index (χ1) is 9.61. The Bertz CT molecular complexity index is 631. The summed E-state index contributed by atoms with van der Waals surface area (Å²) in [6, 6.07) is 5.19. The predicted molar refractivity (Wildman–Crippen MR) is 73.7 cm³/mol. The molecular formula is C13H14N4O3. The minimum atomic E-state index is -0.464. The highest BCUT2D eigenvalue weighted by Crippen LogP contribution is 2.20. The summed E-state index contributed by atoms with van der Waals surface area (Å²) in [5.74, 6) is 1.14. The fraction of sp³-hybridized carbons (Fsp3) is 0.231. The van der Waals surface area contributed by atoms with Crippen molar-refractivity contribution in [2.24, 2.45) is 0 Å². The molecule has 0 atom stereocenters. The maximum absolute atomic E-state index is 10.6. The maximum atomic E-state index is 10.6. The first-order valence-corrected chi connectivity index (χ1v) is 5.94. The quantitative estimate of drug-likeness (QED) is 0.664. The Balaban J connectivity index is 2.13. The molecule has 0 amide bonds. The molecule has 0 spiro atoms. The van der Waals surface area contributed by atoms with E-state index < -0.39 is 4.92 Å².